The highest BCUT2D eigenvalue weighted by Gasteiger charge is 2.26. The van der Waals surface area contributed by atoms with E-state index in [1.807, 2.05) is 0 Å². The number of carbonyl (C=O) groups excluding carboxylic acids is 2. The number of nitrogens with zero attached hydrogens (tertiary/aromatic N) is 2. The van der Waals surface area contributed by atoms with Gasteiger partial charge in [0, 0.05) is 6.92 Å². The highest BCUT2D eigenvalue weighted by molar-refractivity contribution is 6.27. The zero-order valence-electron chi connectivity index (χ0n) is 7.85. The molecule has 0 N–H and O–H groups in total. The van der Waals surface area contributed by atoms with Crippen molar-refractivity contribution >= 4 is 18.0 Å². The van der Waals surface area contributed by atoms with E-state index in [9.17, 15) is 9.59 Å². The normalized spacial score (nSPS) is 11.7. The SMILES string of the molecule is CC(=O)O[C@H](C(=O)C=[N+]=[N-])C(C)C. The Balaban J connectivity index is 4.50. The second-order valence-corrected chi connectivity index (χ2v) is 2.92. The van der Waals surface area contributed by atoms with Crippen molar-refractivity contribution in [1.29, 1.82) is 0 Å². The maximum absolute atomic E-state index is 11.1. The molecule has 5 nitrogen and oxygen atoms in total. The molecule has 0 amide bonds. The molecule has 72 valence electrons. The lowest BCUT2D eigenvalue weighted by Crippen LogP contribution is -2.32. The number of Topliss-reactive ketones (excluding diaryl/α,β-unsaturated/α-hetero) is 1. The molecule has 0 saturated heterocycles. The van der Waals surface area contributed by atoms with Gasteiger partial charge in [-0.1, -0.05) is 13.8 Å². The molecule has 0 aromatic carbocycles. The van der Waals surface area contributed by atoms with Crippen molar-refractivity contribution in [1.82, 2.24) is 0 Å². The number of hydrogen-bond donors (Lipinski definition) is 0. The standard InChI is InChI=1S/C8H12N2O3/c1-5(2)8(13-6(3)11)7(12)4-10-9/h4-5,8H,1-3H3/t8-/m0/s1. The Bertz CT molecular complexity index is 254. The molecular formula is C8H12N2O3. The summed E-state index contributed by atoms with van der Waals surface area (Å²) in [6, 6.07) is 0. The van der Waals surface area contributed by atoms with Gasteiger partial charge in [-0.2, -0.15) is 4.79 Å². The molecule has 0 bridgehead atoms. The van der Waals surface area contributed by atoms with Gasteiger partial charge >= 0.3 is 12.2 Å². The van der Waals surface area contributed by atoms with Crippen molar-refractivity contribution in [3.8, 4) is 0 Å². The molecule has 5 heteroatoms. The lowest BCUT2D eigenvalue weighted by Gasteiger charge is -2.15. The van der Waals surface area contributed by atoms with Crippen LogP contribution in [-0.4, -0.2) is 28.9 Å². The maximum Gasteiger partial charge on any atom is 0.327 e. The Morgan fingerprint density at radius 1 is 1.46 bits per heavy atom. The van der Waals surface area contributed by atoms with Gasteiger partial charge in [0.15, 0.2) is 6.10 Å². The highest BCUT2D eigenvalue weighted by atomic mass is 16.5. The van der Waals surface area contributed by atoms with Gasteiger partial charge in [0.05, 0.1) is 0 Å². The minimum atomic E-state index is -0.867. The number of rotatable bonds is 4. The third-order valence-corrected chi connectivity index (χ3v) is 1.36. The monoisotopic (exact) mass is 184 g/mol. The summed E-state index contributed by atoms with van der Waals surface area (Å²) in [6.45, 7) is 4.69. The topological polar surface area (TPSA) is 79.8 Å². The molecule has 0 saturated carbocycles. The summed E-state index contributed by atoms with van der Waals surface area (Å²) in [6.07, 6.45) is -0.137. The highest BCUT2D eigenvalue weighted by Crippen LogP contribution is 2.06. The average Bonchev–Trinajstić information content (AvgIpc) is 1.99. The van der Waals surface area contributed by atoms with E-state index in [2.05, 4.69) is 4.79 Å². The summed E-state index contributed by atoms with van der Waals surface area (Å²) < 4.78 is 4.74. The van der Waals surface area contributed by atoms with Crippen molar-refractivity contribution in [2.24, 2.45) is 5.92 Å². The molecule has 0 aliphatic carbocycles. The molecule has 1 atom stereocenters. The molecule has 0 fully saturated rings. The fourth-order valence-corrected chi connectivity index (χ4v) is 0.832. The van der Waals surface area contributed by atoms with Crippen LogP contribution in [0.2, 0.25) is 0 Å². The van der Waals surface area contributed by atoms with Crippen molar-refractivity contribution < 1.29 is 19.1 Å². The summed E-state index contributed by atoms with van der Waals surface area (Å²) in [5.74, 6) is -1.19. The van der Waals surface area contributed by atoms with Gasteiger partial charge in [-0.25, -0.2) is 0 Å². The van der Waals surface area contributed by atoms with E-state index >= 15 is 0 Å². The second kappa shape index (κ2) is 5.22. The molecule has 0 aliphatic heterocycles. The van der Waals surface area contributed by atoms with E-state index in [0.29, 0.717) is 0 Å². The summed E-state index contributed by atoms with van der Waals surface area (Å²) >= 11 is 0. The molecule has 0 rings (SSSR count). The van der Waals surface area contributed by atoms with Crippen LogP contribution in [0, 0.1) is 5.92 Å². The fraction of sp³-hybridized carbons (Fsp3) is 0.625. The summed E-state index contributed by atoms with van der Waals surface area (Å²) in [4.78, 5) is 24.3. The predicted molar refractivity (Wildman–Crippen MR) is 45.1 cm³/mol. The fourth-order valence-electron chi connectivity index (χ4n) is 0.832. The Morgan fingerprint density at radius 3 is 2.31 bits per heavy atom. The zero-order chi connectivity index (χ0) is 10.4. The van der Waals surface area contributed by atoms with Crippen LogP contribution >= 0.6 is 0 Å². The van der Waals surface area contributed by atoms with Gasteiger partial charge in [0.2, 0.25) is 0 Å². The van der Waals surface area contributed by atoms with E-state index in [1.54, 1.807) is 13.8 Å². The maximum atomic E-state index is 11.1. The van der Waals surface area contributed by atoms with Crippen LogP contribution in [0.15, 0.2) is 0 Å². The molecule has 0 radical (unpaired) electrons. The van der Waals surface area contributed by atoms with Crippen LogP contribution in [-0.2, 0) is 14.3 Å². The van der Waals surface area contributed by atoms with Crippen LogP contribution in [0.25, 0.3) is 5.53 Å². The first-order valence-electron chi connectivity index (χ1n) is 3.87. The van der Waals surface area contributed by atoms with E-state index in [-0.39, 0.29) is 5.92 Å². The van der Waals surface area contributed by atoms with Crippen LogP contribution in [0.3, 0.4) is 0 Å². The van der Waals surface area contributed by atoms with Gasteiger partial charge in [-0.05, 0) is 5.92 Å². The molecule has 0 unspecified atom stereocenters. The first kappa shape index (κ1) is 11.5. The summed E-state index contributed by atoms with van der Waals surface area (Å²) in [5.41, 5.74) is 8.11. The summed E-state index contributed by atoms with van der Waals surface area (Å²) in [7, 11) is 0. The molecule has 13 heavy (non-hydrogen) atoms. The predicted octanol–water partition coefficient (Wildman–Crippen LogP) is 0.444. The first-order valence-corrected chi connectivity index (χ1v) is 3.87. The summed E-state index contributed by atoms with van der Waals surface area (Å²) in [5, 5.41) is 0. The lowest BCUT2D eigenvalue weighted by molar-refractivity contribution is -0.154. The number of esters is 1. The second-order valence-electron chi connectivity index (χ2n) is 2.92. The van der Waals surface area contributed by atoms with Crippen LogP contribution < -0.4 is 0 Å². The van der Waals surface area contributed by atoms with Crippen molar-refractivity contribution in [3.63, 3.8) is 0 Å². The zero-order valence-corrected chi connectivity index (χ0v) is 7.85. The van der Waals surface area contributed by atoms with Gasteiger partial charge in [-0.15, -0.1) is 0 Å². The third-order valence-electron chi connectivity index (χ3n) is 1.36. The largest absolute Gasteiger partial charge is 0.454 e. The number of ether oxygens (including phenoxy) is 1. The van der Waals surface area contributed by atoms with E-state index in [0.717, 1.165) is 6.21 Å². The van der Waals surface area contributed by atoms with Crippen molar-refractivity contribution in [2.75, 3.05) is 0 Å². The van der Waals surface area contributed by atoms with E-state index in [1.165, 1.54) is 6.92 Å². The van der Waals surface area contributed by atoms with Gasteiger partial charge in [0.1, 0.15) is 0 Å². The van der Waals surface area contributed by atoms with Gasteiger partial charge in [-0.3, -0.25) is 9.59 Å². The molecule has 0 aromatic rings. The number of carbonyl (C=O) groups is 2. The van der Waals surface area contributed by atoms with Crippen LogP contribution in [0.5, 0.6) is 0 Å². The lowest BCUT2D eigenvalue weighted by atomic mass is 10.0. The minimum Gasteiger partial charge on any atom is -0.454 e. The van der Waals surface area contributed by atoms with Crippen LogP contribution in [0.1, 0.15) is 20.8 Å². The molecule has 0 aromatic heterocycles. The van der Waals surface area contributed by atoms with Crippen LogP contribution in [0.4, 0.5) is 0 Å². The van der Waals surface area contributed by atoms with Gasteiger partial charge < -0.3 is 10.3 Å². The minimum absolute atomic E-state index is 0.144. The molecule has 0 heterocycles. The molecular weight excluding hydrogens is 172 g/mol. The quantitative estimate of drug-likeness (QED) is 0.275. The van der Waals surface area contributed by atoms with E-state index < -0.39 is 17.9 Å². The van der Waals surface area contributed by atoms with Gasteiger partial charge in [0.25, 0.3) is 5.78 Å². The van der Waals surface area contributed by atoms with E-state index in [4.69, 9.17) is 10.3 Å². The smallest absolute Gasteiger partial charge is 0.327 e. The Kier molecular flexibility index (Phi) is 4.62. The Morgan fingerprint density at radius 2 is 2.00 bits per heavy atom. The van der Waals surface area contributed by atoms with Crippen molar-refractivity contribution in [3.05, 3.63) is 5.53 Å². The molecule has 0 aliphatic rings. The van der Waals surface area contributed by atoms with Crippen molar-refractivity contribution in [2.45, 2.75) is 26.9 Å². The Labute approximate surface area is 76.3 Å². The third kappa shape index (κ3) is 4.18. The molecule has 0 spiro atoms. The first-order chi connectivity index (χ1) is 5.99. The number of hydrogen-bond acceptors (Lipinski definition) is 3. The Hall–Kier alpha value is -1.48. The average molecular weight is 184 g/mol. The number of ketones is 1.